The number of aromatic hydroxyl groups is 1. The number of benzene rings is 2. The number of hydrogen-bond acceptors (Lipinski definition) is 3. The first kappa shape index (κ1) is 12.9. The van der Waals surface area contributed by atoms with E-state index in [2.05, 4.69) is 10.6 Å². The van der Waals surface area contributed by atoms with Crippen LogP contribution in [0.5, 0.6) is 5.75 Å². The summed E-state index contributed by atoms with van der Waals surface area (Å²) in [5.74, 6) is -1.58. The summed E-state index contributed by atoms with van der Waals surface area (Å²) in [6.45, 7) is 0. The van der Waals surface area contributed by atoms with Crippen molar-refractivity contribution in [2.75, 3.05) is 17.7 Å². The highest BCUT2D eigenvalue weighted by atomic mass is 19.1. The second kappa shape index (κ2) is 5.39. The van der Waals surface area contributed by atoms with Gasteiger partial charge >= 0.3 is 0 Å². The highest BCUT2D eigenvalue weighted by Gasteiger charge is 2.11. The van der Waals surface area contributed by atoms with Gasteiger partial charge in [0.2, 0.25) is 0 Å². The normalized spacial score (nSPS) is 10.0. The van der Waals surface area contributed by atoms with E-state index in [9.17, 15) is 9.18 Å². The third-order valence-electron chi connectivity index (χ3n) is 2.65. The molecule has 0 saturated heterocycles. The molecule has 0 radical (unpaired) electrons. The molecule has 0 unspecified atom stereocenters. The van der Waals surface area contributed by atoms with E-state index >= 15 is 0 Å². The van der Waals surface area contributed by atoms with Crippen LogP contribution in [0.3, 0.4) is 0 Å². The van der Waals surface area contributed by atoms with Crippen LogP contribution < -0.4 is 10.6 Å². The number of halogens is 1. The standard InChI is InChI=1S/C14H13FN2O2/c1-16-12-5-3-2-4-10(12)14(19)17-9-6-7-13(18)11(15)8-9/h2-8,16,18H,1H3,(H,17,19). The SMILES string of the molecule is CNc1ccccc1C(=O)Nc1ccc(O)c(F)c1. The first-order chi connectivity index (χ1) is 9.11. The Morgan fingerprint density at radius 3 is 2.63 bits per heavy atom. The van der Waals surface area contributed by atoms with Crippen molar-refractivity contribution in [3.05, 3.63) is 53.8 Å². The van der Waals surface area contributed by atoms with Crippen molar-refractivity contribution in [2.24, 2.45) is 0 Å². The molecule has 0 heterocycles. The molecular formula is C14H13FN2O2. The molecule has 1 amide bonds. The molecule has 0 fully saturated rings. The summed E-state index contributed by atoms with van der Waals surface area (Å²) < 4.78 is 13.2. The summed E-state index contributed by atoms with van der Waals surface area (Å²) in [5, 5.41) is 14.6. The van der Waals surface area contributed by atoms with Crippen molar-refractivity contribution < 1.29 is 14.3 Å². The van der Waals surface area contributed by atoms with Gasteiger partial charge in [-0.05, 0) is 24.3 Å². The van der Waals surface area contributed by atoms with Crippen LogP contribution in [0, 0.1) is 5.82 Å². The summed E-state index contributed by atoms with van der Waals surface area (Å²) in [6.07, 6.45) is 0. The largest absolute Gasteiger partial charge is 0.505 e. The summed E-state index contributed by atoms with van der Waals surface area (Å²) in [7, 11) is 1.71. The Bertz CT molecular complexity index is 614. The van der Waals surface area contributed by atoms with Crippen molar-refractivity contribution in [2.45, 2.75) is 0 Å². The Morgan fingerprint density at radius 1 is 1.21 bits per heavy atom. The van der Waals surface area contributed by atoms with Gasteiger partial charge < -0.3 is 15.7 Å². The molecule has 0 aromatic heterocycles. The van der Waals surface area contributed by atoms with E-state index in [4.69, 9.17) is 5.11 Å². The van der Waals surface area contributed by atoms with Crippen LogP contribution >= 0.6 is 0 Å². The van der Waals surface area contributed by atoms with Gasteiger partial charge in [0.25, 0.3) is 5.91 Å². The number of carbonyl (C=O) groups excluding carboxylic acids is 1. The van der Waals surface area contributed by atoms with Crippen molar-refractivity contribution in [3.8, 4) is 5.75 Å². The summed E-state index contributed by atoms with van der Waals surface area (Å²) in [5.41, 5.74) is 1.42. The lowest BCUT2D eigenvalue weighted by molar-refractivity contribution is 0.102. The minimum atomic E-state index is -0.778. The maximum Gasteiger partial charge on any atom is 0.257 e. The van der Waals surface area contributed by atoms with Crippen molar-refractivity contribution in [1.29, 1.82) is 0 Å². The minimum Gasteiger partial charge on any atom is -0.505 e. The van der Waals surface area contributed by atoms with Crippen LogP contribution in [0.15, 0.2) is 42.5 Å². The van der Waals surface area contributed by atoms with Gasteiger partial charge in [0, 0.05) is 24.5 Å². The molecule has 98 valence electrons. The second-order valence-corrected chi connectivity index (χ2v) is 3.92. The van der Waals surface area contributed by atoms with E-state index in [0.29, 0.717) is 11.3 Å². The number of hydrogen-bond donors (Lipinski definition) is 3. The van der Waals surface area contributed by atoms with Gasteiger partial charge in [0.1, 0.15) is 0 Å². The molecule has 2 aromatic rings. The van der Waals surface area contributed by atoms with Gasteiger partial charge in [0.15, 0.2) is 11.6 Å². The number of amides is 1. The molecule has 0 aliphatic rings. The maximum absolute atomic E-state index is 13.2. The molecular weight excluding hydrogens is 247 g/mol. The zero-order chi connectivity index (χ0) is 13.8. The molecule has 0 aliphatic carbocycles. The van der Waals surface area contributed by atoms with Crippen LogP contribution in [-0.4, -0.2) is 18.1 Å². The predicted molar refractivity (Wildman–Crippen MR) is 72.0 cm³/mol. The number of carbonyl (C=O) groups is 1. The predicted octanol–water partition coefficient (Wildman–Crippen LogP) is 2.83. The quantitative estimate of drug-likeness (QED) is 0.744. The number of phenols is 1. The number of anilines is 2. The van der Waals surface area contributed by atoms with Gasteiger partial charge in [-0.15, -0.1) is 0 Å². The second-order valence-electron chi connectivity index (χ2n) is 3.92. The Balaban J connectivity index is 2.23. The van der Waals surface area contributed by atoms with E-state index in [0.717, 1.165) is 6.07 Å². The topological polar surface area (TPSA) is 61.4 Å². The Labute approximate surface area is 109 Å². The van der Waals surface area contributed by atoms with E-state index in [1.807, 2.05) is 6.07 Å². The number of nitrogens with one attached hydrogen (secondary N) is 2. The summed E-state index contributed by atoms with van der Waals surface area (Å²) >= 11 is 0. The van der Waals surface area contributed by atoms with Gasteiger partial charge in [-0.25, -0.2) is 4.39 Å². The van der Waals surface area contributed by atoms with Gasteiger partial charge in [-0.1, -0.05) is 12.1 Å². The van der Waals surface area contributed by atoms with Gasteiger partial charge in [-0.3, -0.25) is 4.79 Å². The zero-order valence-electron chi connectivity index (χ0n) is 10.3. The highest BCUT2D eigenvalue weighted by Crippen LogP contribution is 2.21. The molecule has 0 spiro atoms. The molecule has 2 aromatic carbocycles. The Hall–Kier alpha value is -2.56. The lowest BCUT2D eigenvalue weighted by atomic mass is 10.1. The average Bonchev–Trinajstić information content (AvgIpc) is 2.43. The van der Waals surface area contributed by atoms with Crippen molar-refractivity contribution in [1.82, 2.24) is 0 Å². The molecule has 2 rings (SSSR count). The lowest BCUT2D eigenvalue weighted by Gasteiger charge is -2.09. The fraction of sp³-hybridized carbons (Fsp3) is 0.0714. The molecule has 19 heavy (non-hydrogen) atoms. The molecule has 3 N–H and O–H groups in total. The fourth-order valence-electron chi connectivity index (χ4n) is 1.68. The smallest absolute Gasteiger partial charge is 0.257 e. The third kappa shape index (κ3) is 2.82. The monoisotopic (exact) mass is 260 g/mol. The number of para-hydroxylation sites is 1. The van der Waals surface area contributed by atoms with Crippen LogP contribution in [-0.2, 0) is 0 Å². The van der Waals surface area contributed by atoms with E-state index in [1.165, 1.54) is 12.1 Å². The zero-order valence-corrected chi connectivity index (χ0v) is 10.3. The molecule has 4 nitrogen and oxygen atoms in total. The lowest BCUT2D eigenvalue weighted by Crippen LogP contribution is -2.13. The first-order valence-corrected chi connectivity index (χ1v) is 5.68. The summed E-state index contributed by atoms with van der Waals surface area (Å²) in [6, 6.07) is 10.7. The van der Waals surface area contributed by atoms with Crippen LogP contribution in [0.4, 0.5) is 15.8 Å². The summed E-state index contributed by atoms with van der Waals surface area (Å²) in [4.78, 5) is 12.1. The fourth-order valence-corrected chi connectivity index (χ4v) is 1.68. The van der Waals surface area contributed by atoms with Gasteiger partial charge in [-0.2, -0.15) is 0 Å². The number of phenolic OH excluding ortho intramolecular Hbond substituents is 1. The third-order valence-corrected chi connectivity index (χ3v) is 2.65. The van der Waals surface area contributed by atoms with Crippen molar-refractivity contribution >= 4 is 17.3 Å². The van der Waals surface area contributed by atoms with E-state index in [1.54, 1.807) is 25.2 Å². The molecule has 0 bridgehead atoms. The number of rotatable bonds is 3. The average molecular weight is 260 g/mol. The van der Waals surface area contributed by atoms with E-state index in [-0.39, 0.29) is 11.6 Å². The molecule has 0 saturated carbocycles. The highest BCUT2D eigenvalue weighted by molar-refractivity contribution is 6.08. The van der Waals surface area contributed by atoms with Crippen LogP contribution in [0.2, 0.25) is 0 Å². The van der Waals surface area contributed by atoms with Crippen LogP contribution in [0.1, 0.15) is 10.4 Å². The molecule has 0 atom stereocenters. The van der Waals surface area contributed by atoms with Crippen molar-refractivity contribution in [3.63, 3.8) is 0 Å². The van der Waals surface area contributed by atoms with Crippen LogP contribution in [0.25, 0.3) is 0 Å². The molecule has 5 heteroatoms. The first-order valence-electron chi connectivity index (χ1n) is 5.68. The van der Waals surface area contributed by atoms with Gasteiger partial charge in [0.05, 0.1) is 5.56 Å². The maximum atomic E-state index is 13.2. The Kier molecular flexibility index (Phi) is 3.66. The molecule has 0 aliphatic heterocycles. The van der Waals surface area contributed by atoms with E-state index < -0.39 is 11.6 Å². The Morgan fingerprint density at radius 2 is 1.95 bits per heavy atom. The minimum absolute atomic E-state index is 0.284.